The number of carbonyl (C=O) groups excluding carboxylic acids is 2. The van der Waals surface area contributed by atoms with Gasteiger partial charge in [-0.3, -0.25) is 4.79 Å². The predicted molar refractivity (Wildman–Crippen MR) is 113 cm³/mol. The molecule has 3 amide bonds. The summed E-state index contributed by atoms with van der Waals surface area (Å²) in [4.78, 5) is 24.4. The van der Waals surface area contributed by atoms with Crippen LogP contribution < -0.4 is 16.0 Å². The maximum Gasteiger partial charge on any atom is 0.315 e. The molecule has 0 heterocycles. The van der Waals surface area contributed by atoms with Gasteiger partial charge in [0.25, 0.3) is 0 Å². The van der Waals surface area contributed by atoms with Crippen molar-refractivity contribution in [3.05, 3.63) is 64.7 Å². The number of hydrogen-bond donors (Lipinski definition) is 3. The molecule has 0 atom stereocenters. The summed E-state index contributed by atoms with van der Waals surface area (Å²) >= 11 is 0. The second-order valence-corrected chi connectivity index (χ2v) is 7.86. The van der Waals surface area contributed by atoms with E-state index in [0.29, 0.717) is 6.54 Å². The maximum absolute atomic E-state index is 12.2. The lowest BCUT2D eigenvalue weighted by molar-refractivity contribution is -0.115. The highest BCUT2D eigenvalue weighted by atomic mass is 16.2. The Kier molecular flexibility index (Phi) is 6.02. The van der Waals surface area contributed by atoms with Crippen molar-refractivity contribution >= 4 is 17.6 Å². The molecule has 0 aromatic heterocycles. The summed E-state index contributed by atoms with van der Waals surface area (Å²) in [6.07, 6.45) is 3.32. The first-order valence-electron chi connectivity index (χ1n) is 9.84. The van der Waals surface area contributed by atoms with Crippen LogP contribution in [0.25, 0.3) is 0 Å². The number of rotatable bonds is 6. The minimum atomic E-state index is -0.310. The first kappa shape index (κ1) is 19.9. The van der Waals surface area contributed by atoms with Crippen LogP contribution in [0, 0.1) is 20.8 Å². The average Bonchev–Trinajstić information content (AvgIpc) is 2.63. The average molecular weight is 380 g/mol. The van der Waals surface area contributed by atoms with E-state index in [1.165, 1.54) is 12.0 Å². The predicted octanol–water partition coefficient (Wildman–Crippen LogP) is 3.97. The molecule has 2 aromatic rings. The molecule has 5 nitrogen and oxygen atoms in total. The maximum atomic E-state index is 12.2. The molecule has 1 saturated carbocycles. The van der Waals surface area contributed by atoms with Crippen molar-refractivity contribution < 1.29 is 9.59 Å². The van der Waals surface area contributed by atoms with E-state index in [1.54, 1.807) is 0 Å². The summed E-state index contributed by atoms with van der Waals surface area (Å²) in [6, 6.07) is 14.1. The van der Waals surface area contributed by atoms with Gasteiger partial charge < -0.3 is 16.0 Å². The number of aryl methyl sites for hydroxylation is 3. The topological polar surface area (TPSA) is 70.2 Å². The van der Waals surface area contributed by atoms with E-state index in [-0.39, 0.29) is 23.9 Å². The quantitative estimate of drug-likeness (QED) is 0.711. The smallest absolute Gasteiger partial charge is 0.315 e. The van der Waals surface area contributed by atoms with Crippen molar-refractivity contribution in [1.82, 2.24) is 10.6 Å². The van der Waals surface area contributed by atoms with Crippen LogP contribution in [-0.2, 0) is 10.2 Å². The van der Waals surface area contributed by atoms with Crippen LogP contribution in [-0.4, -0.2) is 25.0 Å². The van der Waals surface area contributed by atoms with E-state index in [2.05, 4.69) is 28.1 Å². The Morgan fingerprint density at radius 1 is 0.964 bits per heavy atom. The summed E-state index contributed by atoms with van der Waals surface area (Å²) < 4.78 is 0. The molecule has 0 unspecified atom stereocenters. The molecule has 148 valence electrons. The first-order chi connectivity index (χ1) is 13.4. The van der Waals surface area contributed by atoms with Crippen molar-refractivity contribution in [2.24, 2.45) is 0 Å². The van der Waals surface area contributed by atoms with Gasteiger partial charge in [0, 0.05) is 17.6 Å². The van der Waals surface area contributed by atoms with Crippen molar-refractivity contribution in [1.29, 1.82) is 0 Å². The van der Waals surface area contributed by atoms with Crippen molar-refractivity contribution in [3.8, 4) is 0 Å². The monoisotopic (exact) mass is 379 g/mol. The zero-order valence-electron chi connectivity index (χ0n) is 16.9. The number of amides is 3. The number of anilines is 1. The van der Waals surface area contributed by atoms with Crippen molar-refractivity contribution in [2.75, 3.05) is 18.4 Å². The summed E-state index contributed by atoms with van der Waals surface area (Å²) in [7, 11) is 0. The Hall–Kier alpha value is -2.82. The van der Waals surface area contributed by atoms with Gasteiger partial charge in [0.05, 0.1) is 6.54 Å². The third-order valence-corrected chi connectivity index (χ3v) is 5.64. The van der Waals surface area contributed by atoms with Crippen LogP contribution in [0.15, 0.2) is 42.5 Å². The molecule has 3 N–H and O–H groups in total. The van der Waals surface area contributed by atoms with Crippen molar-refractivity contribution in [2.45, 2.75) is 45.4 Å². The van der Waals surface area contributed by atoms with Gasteiger partial charge in [0.1, 0.15) is 0 Å². The van der Waals surface area contributed by atoms with E-state index >= 15 is 0 Å². The molecule has 1 aliphatic rings. The third-order valence-electron chi connectivity index (χ3n) is 5.64. The molecule has 0 bridgehead atoms. The highest BCUT2D eigenvalue weighted by Crippen LogP contribution is 2.43. The van der Waals surface area contributed by atoms with Gasteiger partial charge in [-0.15, -0.1) is 0 Å². The third kappa shape index (κ3) is 4.53. The Balaban J connectivity index is 1.49. The van der Waals surface area contributed by atoms with Gasteiger partial charge >= 0.3 is 6.03 Å². The molecular formula is C23H29N3O2. The SMILES string of the molecule is Cc1cc(C)c(NC(=O)CNC(=O)NCC2(c3ccccc3)CCC2)c(C)c1. The minimum absolute atomic E-state index is 0.0248. The lowest BCUT2D eigenvalue weighted by Crippen LogP contribution is -2.49. The highest BCUT2D eigenvalue weighted by molar-refractivity contribution is 5.95. The summed E-state index contributed by atoms with van der Waals surface area (Å²) in [6.45, 7) is 6.49. The molecular weight excluding hydrogens is 350 g/mol. The Labute approximate surface area is 166 Å². The minimum Gasteiger partial charge on any atom is -0.337 e. The Bertz CT molecular complexity index is 834. The zero-order valence-corrected chi connectivity index (χ0v) is 16.9. The van der Waals surface area contributed by atoms with Gasteiger partial charge in [0.15, 0.2) is 0 Å². The van der Waals surface area contributed by atoms with E-state index in [9.17, 15) is 9.59 Å². The summed E-state index contributed by atoms with van der Waals surface area (Å²) in [5.74, 6) is -0.230. The van der Waals surface area contributed by atoms with E-state index < -0.39 is 0 Å². The molecule has 1 fully saturated rings. The Morgan fingerprint density at radius 3 is 2.18 bits per heavy atom. The van der Waals surface area contributed by atoms with Crippen LogP contribution in [0.5, 0.6) is 0 Å². The molecule has 5 heteroatoms. The number of urea groups is 1. The van der Waals surface area contributed by atoms with Gasteiger partial charge in [-0.2, -0.15) is 0 Å². The summed E-state index contributed by atoms with van der Waals surface area (Å²) in [5.41, 5.74) is 5.31. The van der Waals surface area contributed by atoms with Crippen molar-refractivity contribution in [3.63, 3.8) is 0 Å². The fourth-order valence-corrected chi connectivity index (χ4v) is 4.00. The van der Waals surface area contributed by atoms with E-state index in [0.717, 1.165) is 35.2 Å². The second-order valence-electron chi connectivity index (χ2n) is 7.86. The molecule has 28 heavy (non-hydrogen) atoms. The number of nitrogens with one attached hydrogen (secondary N) is 3. The standard InChI is InChI=1S/C23H29N3O2/c1-16-12-17(2)21(18(3)13-16)26-20(27)14-24-22(28)25-15-23(10-7-11-23)19-8-5-4-6-9-19/h4-6,8-9,12-13H,7,10-11,14-15H2,1-3H3,(H,26,27)(H2,24,25,28). The first-order valence-corrected chi connectivity index (χ1v) is 9.84. The number of benzene rings is 2. The lowest BCUT2D eigenvalue weighted by Gasteiger charge is -2.42. The molecule has 1 aliphatic carbocycles. The molecule has 0 aliphatic heterocycles. The molecule has 0 spiro atoms. The van der Waals surface area contributed by atoms with E-state index in [1.807, 2.05) is 51.1 Å². The van der Waals surface area contributed by atoms with Crippen LogP contribution in [0.4, 0.5) is 10.5 Å². The highest BCUT2D eigenvalue weighted by Gasteiger charge is 2.38. The number of carbonyl (C=O) groups is 2. The number of hydrogen-bond acceptors (Lipinski definition) is 2. The molecule has 0 saturated heterocycles. The molecule has 2 aromatic carbocycles. The zero-order chi connectivity index (χ0) is 20.1. The van der Waals surface area contributed by atoms with Gasteiger partial charge in [0.2, 0.25) is 5.91 Å². The summed E-state index contributed by atoms with van der Waals surface area (Å²) in [5, 5.41) is 8.51. The van der Waals surface area contributed by atoms with Crippen LogP contribution in [0.3, 0.4) is 0 Å². The van der Waals surface area contributed by atoms with Crippen LogP contribution in [0.2, 0.25) is 0 Å². The Morgan fingerprint density at radius 2 is 1.61 bits per heavy atom. The molecule has 0 radical (unpaired) electrons. The van der Waals surface area contributed by atoms with Crippen LogP contribution >= 0.6 is 0 Å². The lowest BCUT2D eigenvalue weighted by atomic mass is 9.64. The van der Waals surface area contributed by atoms with Gasteiger partial charge in [-0.25, -0.2) is 4.79 Å². The fraction of sp³-hybridized carbons (Fsp3) is 0.391. The molecule has 3 rings (SSSR count). The normalized spacial score (nSPS) is 14.7. The van der Waals surface area contributed by atoms with Gasteiger partial charge in [-0.1, -0.05) is 54.4 Å². The fourth-order valence-electron chi connectivity index (χ4n) is 4.00. The largest absolute Gasteiger partial charge is 0.337 e. The van der Waals surface area contributed by atoms with Gasteiger partial charge in [-0.05, 0) is 50.3 Å². The van der Waals surface area contributed by atoms with E-state index in [4.69, 9.17) is 0 Å². The second kappa shape index (κ2) is 8.46. The van der Waals surface area contributed by atoms with Crippen LogP contribution in [0.1, 0.15) is 41.5 Å².